The fraction of sp³-hybridized carbons (Fsp3) is 0.333. The molecule has 0 N–H and O–H groups in total. The fourth-order valence-electron chi connectivity index (χ4n) is 3.10. The molecule has 0 spiro atoms. The maximum atomic E-state index is 4.11. The first-order chi connectivity index (χ1) is 9.59. The number of aromatic nitrogens is 2. The number of hydrogen-bond acceptors (Lipinski definition) is 2. The van der Waals surface area contributed by atoms with Crippen molar-refractivity contribution >= 4 is 5.57 Å². The highest BCUT2D eigenvalue weighted by Gasteiger charge is 2.28. The van der Waals surface area contributed by atoms with E-state index in [1.54, 1.807) is 6.33 Å². The number of benzene rings is 1. The molecule has 1 aliphatic rings. The van der Waals surface area contributed by atoms with E-state index in [0.717, 1.165) is 18.4 Å². The summed E-state index contributed by atoms with van der Waals surface area (Å²) in [5.41, 5.74) is 6.93. The predicted octanol–water partition coefficient (Wildman–Crippen LogP) is 4.52. The SMILES string of the molecule is CC=C1CC(C)(C)Cc2ccc(-c3cncnc3)cc21. The molecule has 0 fully saturated rings. The van der Waals surface area contributed by atoms with Crippen LogP contribution in [0.2, 0.25) is 0 Å². The van der Waals surface area contributed by atoms with Gasteiger partial charge in [0, 0.05) is 18.0 Å². The van der Waals surface area contributed by atoms with Gasteiger partial charge in [-0.25, -0.2) is 9.97 Å². The fourth-order valence-corrected chi connectivity index (χ4v) is 3.10. The highest BCUT2D eigenvalue weighted by Crippen LogP contribution is 2.42. The Hall–Kier alpha value is -1.96. The summed E-state index contributed by atoms with van der Waals surface area (Å²) in [4.78, 5) is 8.22. The molecule has 0 atom stereocenters. The summed E-state index contributed by atoms with van der Waals surface area (Å²) < 4.78 is 0. The van der Waals surface area contributed by atoms with Crippen molar-refractivity contribution in [3.05, 3.63) is 54.1 Å². The van der Waals surface area contributed by atoms with Gasteiger partial charge in [-0.2, -0.15) is 0 Å². The van der Waals surface area contributed by atoms with Crippen LogP contribution in [0.15, 0.2) is 43.0 Å². The molecular formula is C18H20N2. The van der Waals surface area contributed by atoms with Crippen molar-refractivity contribution in [2.75, 3.05) is 0 Å². The van der Waals surface area contributed by atoms with Gasteiger partial charge in [-0.05, 0) is 53.5 Å². The second-order valence-corrected chi connectivity index (χ2v) is 6.33. The van der Waals surface area contributed by atoms with Gasteiger partial charge in [0.25, 0.3) is 0 Å². The Kier molecular flexibility index (Phi) is 3.17. The maximum absolute atomic E-state index is 4.11. The zero-order valence-electron chi connectivity index (χ0n) is 12.4. The molecule has 2 aromatic rings. The number of allylic oxidation sites excluding steroid dienone is 2. The van der Waals surface area contributed by atoms with Gasteiger partial charge < -0.3 is 0 Å². The quantitative estimate of drug-likeness (QED) is 0.756. The first-order valence-corrected chi connectivity index (χ1v) is 7.13. The van der Waals surface area contributed by atoms with Gasteiger partial charge in [0.1, 0.15) is 6.33 Å². The number of nitrogens with zero attached hydrogens (tertiary/aromatic N) is 2. The molecule has 0 unspecified atom stereocenters. The van der Waals surface area contributed by atoms with Crippen molar-refractivity contribution in [2.24, 2.45) is 5.41 Å². The summed E-state index contributed by atoms with van der Waals surface area (Å²) >= 11 is 0. The molecule has 0 radical (unpaired) electrons. The Morgan fingerprint density at radius 1 is 1.05 bits per heavy atom. The van der Waals surface area contributed by atoms with Crippen molar-refractivity contribution in [3.8, 4) is 11.1 Å². The molecule has 2 nitrogen and oxygen atoms in total. The molecule has 1 aromatic carbocycles. The van der Waals surface area contributed by atoms with Gasteiger partial charge in [0.15, 0.2) is 0 Å². The van der Waals surface area contributed by atoms with Crippen LogP contribution in [0.4, 0.5) is 0 Å². The van der Waals surface area contributed by atoms with Crippen LogP contribution in [0.1, 0.15) is 38.3 Å². The van der Waals surface area contributed by atoms with Gasteiger partial charge in [-0.3, -0.25) is 0 Å². The van der Waals surface area contributed by atoms with Gasteiger partial charge in [0.05, 0.1) is 0 Å². The smallest absolute Gasteiger partial charge is 0.115 e. The topological polar surface area (TPSA) is 25.8 Å². The lowest BCUT2D eigenvalue weighted by Gasteiger charge is -2.33. The summed E-state index contributed by atoms with van der Waals surface area (Å²) in [6.07, 6.45) is 9.86. The van der Waals surface area contributed by atoms with E-state index < -0.39 is 0 Å². The van der Waals surface area contributed by atoms with Crippen molar-refractivity contribution in [3.63, 3.8) is 0 Å². The van der Waals surface area contributed by atoms with Crippen molar-refractivity contribution in [1.82, 2.24) is 9.97 Å². The van der Waals surface area contributed by atoms with E-state index in [2.05, 4.69) is 55.0 Å². The molecular weight excluding hydrogens is 244 g/mol. The minimum atomic E-state index is 0.353. The highest BCUT2D eigenvalue weighted by atomic mass is 14.8. The van der Waals surface area contributed by atoms with E-state index in [9.17, 15) is 0 Å². The van der Waals surface area contributed by atoms with Crippen molar-refractivity contribution in [1.29, 1.82) is 0 Å². The van der Waals surface area contributed by atoms with E-state index in [4.69, 9.17) is 0 Å². The van der Waals surface area contributed by atoms with Crippen molar-refractivity contribution in [2.45, 2.75) is 33.6 Å². The second-order valence-electron chi connectivity index (χ2n) is 6.33. The Bertz CT molecular complexity index is 654. The van der Waals surface area contributed by atoms with Crippen LogP contribution in [0.5, 0.6) is 0 Å². The number of rotatable bonds is 1. The molecule has 0 saturated heterocycles. The lowest BCUT2D eigenvalue weighted by molar-refractivity contribution is 0.365. The predicted molar refractivity (Wildman–Crippen MR) is 83.2 cm³/mol. The third-order valence-corrected chi connectivity index (χ3v) is 4.04. The third kappa shape index (κ3) is 2.38. The van der Waals surface area contributed by atoms with Crippen LogP contribution in [-0.4, -0.2) is 9.97 Å². The molecule has 1 heterocycles. The lowest BCUT2D eigenvalue weighted by Crippen LogP contribution is -2.21. The monoisotopic (exact) mass is 264 g/mol. The molecule has 1 aliphatic carbocycles. The zero-order valence-corrected chi connectivity index (χ0v) is 12.4. The Morgan fingerprint density at radius 3 is 2.50 bits per heavy atom. The molecule has 0 amide bonds. The average molecular weight is 264 g/mol. The third-order valence-electron chi connectivity index (χ3n) is 4.04. The first kappa shape index (κ1) is 13.0. The molecule has 0 saturated carbocycles. The van der Waals surface area contributed by atoms with E-state index >= 15 is 0 Å². The number of hydrogen-bond donors (Lipinski definition) is 0. The van der Waals surface area contributed by atoms with Gasteiger partial charge in [-0.15, -0.1) is 0 Å². The maximum Gasteiger partial charge on any atom is 0.115 e. The number of fused-ring (bicyclic) bond motifs is 1. The normalized spacial score (nSPS) is 18.9. The van der Waals surface area contributed by atoms with E-state index in [-0.39, 0.29) is 0 Å². The zero-order chi connectivity index (χ0) is 14.2. The van der Waals surface area contributed by atoms with Crippen LogP contribution in [-0.2, 0) is 6.42 Å². The summed E-state index contributed by atoms with van der Waals surface area (Å²) in [7, 11) is 0. The second kappa shape index (κ2) is 4.86. The average Bonchev–Trinajstić information content (AvgIpc) is 2.46. The van der Waals surface area contributed by atoms with Crippen LogP contribution in [0.3, 0.4) is 0 Å². The summed E-state index contributed by atoms with van der Waals surface area (Å²) in [6, 6.07) is 6.74. The molecule has 1 aromatic heterocycles. The molecule has 0 aliphatic heterocycles. The Labute approximate surface area is 120 Å². The van der Waals surface area contributed by atoms with E-state index in [1.807, 2.05) is 12.4 Å². The standard InChI is InChI=1S/C18H20N2/c1-4-13-8-18(2,3)9-15-6-5-14(7-17(13)15)16-10-19-12-20-11-16/h4-7,10-12H,8-9H2,1-3H3. The van der Waals surface area contributed by atoms with Gasteiger partial charge in [0.2, 0.25) is 0 Å². The van der Waals surface area contributed by atoms with E-state index in [1.165, 1.54) is 22.3 Å². The highest BCUT2D eigenvalue weighted by molar-refractivity contribution is 5.76. The largest absolute Gasteiger partial charge is 0.244 e. The van der Waals surface area contributed by atoms with Gasteiger partial charge in [-0.1, -0.05) is 32.1 Å². The van der Waals surface area contributed by atoms with Crippen LogP contribution in [0.25, 0.3) is 16.7 Å². The van der Waals surface area contributed by atoms with E-state index in [0.29, 0.717) is 5.41 Å². The van der Waals surface area contributed by atoms with Crippen LogP contribution in [0, 0.1) is 5.41 Å². The van der Waals surface area contributed by atoms with Crippen LogP contribution < -0.4 is 0 Å². The van der Waals surface area contributed by atoms with Gasteiger partial charge >= 0.3 is 0 Å². The Morgan fingerprint density at radius 2 is 1.80 bits per heavy atom. The lowest BCUT2D eigenvalue weighted by atomic mass is 9.71. The molecule has 0 bridgehead atoms. The summed E-state index contributed by atoms with van der Waals surface area (Å²) in [6.45, 7) is 6.83. The van der Waals surface area contributed by atoms with Crippen LogP contribution >= 0.6 is 0 Å². The summed E-state index contributed by atoms with van der Waals surface area (Å²) in [5, 5.41) is 0. The molecule has 20 heavy (non-hydrogen) atoms. The first-order valence-electron chi connectivity index (χ1n) is 7.13. The molecule has 2 heteroatoms. The molecule has 3 rings (SSSR count). The Balaban J connectivity index is 2.10. The minimum Gasteiger partial charge on any atom is -0.244 e. The molecule has 102 valence electrons. The summed E-state index contributed by atoms with van der Waals surface area (Å²) in [5.74, 6) is 0. The van der Waals surface area contributed by atoms with Crippen molar-refractivity contribution < 1.29 is 0 Å². The minimum absolute atomic E-state index is 0.353.